The van der Waals surface area contributed by atoms with Crippen LogP contribution in [0.1, 0.15) is 31.0 Å². The van der Waals surface area contributed by atoms with Gasteiger partial charge in [0.25, 0.3) is 5.56 Å². The summed E-state index contributed by atoms with van der Waals surface area (Å²) in [5.41, 5.74) is 3.35. The average Bonchev–Trinajstić information content (AvgIpc) is 3.35. The molecule has 0 aliphatic carbocycles. The molecule has 0 radical (unpaired) electrons. The Labute approximate surface area is 198 Å². The van der Waals surface area contributed by atoms with Gasteiger partial charge in [0.05, 0.1) is 28.5 Å². The number of fused-ring (bicyclic) bond motifs is 2. The first-order chi connectivity index (χ1) is 16.0. The highest BCUT2D eigenvalue weighted by molar-refractivity contribution is 7.07. The van der Waals surface area contributed by atoms with Crippen LogP contribution in [-0.4, -0.2) is 22.1 Å². The van der Waals surface area contributed by atoms with Crippen LogP contribution in [0.4, 0.5) is 0 Å². The molecule has 2 aromatic carbocycles. The Bertz CT molecular complexity index is 1590. The van der Waals surface area contributed by atoms with Crippen LogP contribution in [-0.2, 0) is 9.53 Å². The van der Waals surface area contributed by atoms with Crippen molar-refractivity contribution in [2.75, 3.05) is 6.61 Å². The number of benzene rings is 2. The van der Waals surface area contributed by atoms with Crippen LogP contribution in [0.5, 0.6) is 0 Å². The number of ether oxygens (including phenoxy) is 1. The number of esters is 1. The lowest BCUT2D eigenvalue weighted by Gasteiger charge is -2.24. The third-order valence-corrected chi connectivity index (χ3v) is 6.85. The number of para-hydroxylation sites is 1. The van der Waals surface area contributed by atoms with Crippen molar-refractivity contribution in [2.45, 2.75) is 19.9 Å². The number of thiazole rings is 1. The second-order valence-electron chi connectivity index (χ2n) is 7.64. The Morgan fingerprint density at radius 3 is 2.76 bits per heavy atom. The topological polar surface area (TPSA) is 76.4 Å². The second kappa shape index (κ2) is 8.50. The number of H-pyrrole nitrogens is 1. The number of carbonyl (C=O) groups excluding carboxylic acids is 1. The fraction of sp³-hybridized carbons (Fsp3) is 0.160. The first kappa shape index (κ1) is 21.4. The van der Waals surface area contributed by atoms with Crippen molar-refractivity contribution in [1.29, 1.82) is 0 Å². The van der Waals surface area contributed by atoms with Gasteiger partial charge in [-0.15, -0.1) is 0 Å². The van der Waals surface area contributed by atoms with Crippen LogP contribution < -0.4 is 14.9 Å². The molecule has 4 aromatic rings. The summed E-state index contributed by atoms with van der Waals surface area (Å²) in [4.78, 5) is 34.9. The van der Waals surface area contributed by atoms with Gasteiger partial charge in [0.1, 0.15) is 0 Å². The van der Waals surface area contributed by atoms with E-state index >= 15 is 0 Å². The number of rotatable bonds is 4. The number of nitrogens with zero attached hydrogens (tertiary/aromatic N) is 2. The normalized spacial score (nSPS) is 16.1. The Kier molecular flexibility index (Phi) is 5.52. The number of halogens is 1. The number of carbonyl (C=O) groups is 1. The Morgan fingerprint density at radius 2 is 2.00 bits per heavy atom. The molecule has 0 amide bonds. The number of nitrogens with one attached hydrogen (secondary N) is 1. The quantitative estimate of drug-likeness (QED) is 0.452. The van der Waals surface area contributed by atoms with E-state index in [1.54, 1.807) is 30.5 Å². The minimum atomic E-state index is -0.650. The number of hydrogen-bond acceptors (Lipinski definition) is 5. The van der Waals surface area contributed by atoms with Gasteiger partial charge in [-0.2, -0.15) is 0 Å². The van der Waals surface area contributed by atoms with Crippen molar-refractivity contribution in [2.24, 2.45) is 4.99 Å². The van der Waals surface area contributed by atoms with Crippen molar-refractivity contribution >= 4 is 45.9 Å². The molecule has 1 N–H and O–H groups in total. The minimum Gasteiger partial charge on any atom is -0.463 e. The van der Waals surface area contributed by atoms with Crippen LogP contribution in [0, 0.1) is 0 Å². The largest absolute Gasteiger partial charge is 0.463 e. The molecule has 0 bridgehead atoms. The van der Waals surface area contributed by atoms with Crippen LogP contribution in [0.3, 0.4) is 0 Å². The van der Waals surface area contributed by atoms with E-state index in [2.05, 4.69) is 9.98 Å². The van der Waals surface area contributed by atoms with Gasteiger partial charge in [-0.1, -0.05) is 53.3 Å². The van der Waals surface area contributed by atoms with Crippen LogP contribution in [0.2, 0.25) is 5.02 Å². The molecule has 0 saturated carbocycles. The van der Waals surface area contributed by atoms with E-state index in [0.29, 0.717) is 25.6 Å². The number of hydrogen-bond donors (Lipinski definition) is 1. The Hall–Kier alpha value is -3.42. The maximum absolute atomic E-state index is 13.6. The van der Waals surface area contributed by atoms with Gasteiger partial charge in [0.2, 0.25) is 0 Å². The van der Waals surface area contributed by atoms with Gasteiger partial charge >= 0.3 is 5.97 Å². The molecular weight excluding hydrogens is 458 g/mol. The van der Waals surface area contributed by atoms with Gasteiger partial charge in [0, 0.05) is 27.7 Å². The predicted octanol–water partition coefficient (Wildman–Crippen LogP) is 3.93. The van der Waals surface area contributed by atoms with Crippen molar-refractivity contribution in [3.05, 3.63) is 102 Å². The molecule has 33 heavy (non-hydrogen) atoms. The van der Waals surface area contributed by atoms with Gasteiger partial charge in [0.15, 0.2) is 4.80 Å². The lowest BCUT2D eigenvalue weighted by Crippen LogP contribution is -2.39. The highest BCUT2D eigenvalue weighted by atomic mass is 35.5. The SMILES string of the molecule is CCOC(=O)C1=C(C)N=c2s/c(=C/c3c[nH]c4ccccc34)c(=O)n2[C@@H]1c1ccc(Cl)cc1. The van der Waals surface area contributed by atoms with Crippen LogP contribution in [0.15, 0.2) is 75.8 Å². The summed E-state index contributed by atoms with van der Waals surface area (Å²) in [7, 11) is 0. The van der Waals surface area contributed by atoms with E-state index in [4.69, 9.17) is 16.3 Å². The maximum Gasteiger partial charge on any atom is 0.338 e. The van der Waals surface area contributed by atoms with Crippen molar-refractivity contribution in [3.63, 3.8) is 0 Å². The van der Waals surface area contributed by atoms with Crippen molar-refractivity contribution < 1.29 is 9.53 Å². The highest BCUT2D eigenvalue weighted by Gasteiger charge is 2.33. The first-order valence-electron chi connectivity index (χ1n) is 10.5. The molecule has 0 spiro atoms. The molecule has 2 aromatic heterocycles. The first-order valence-corrected chi connectivity index (χ1v) is 11.7. The molecule has 3 heterocycles. The third-order valence-electron chi connectivity index (χ3n) is 5.61. The van der Waals surface area contributed by atoms with E-state index in [0.717, 1.165) is 22.0 Å². The number of aromatic nitrogens is 2. The molecular formula is C25H20ClN3O3S. The zero-order chi connectivity index (χ0) is 23.1. The van der Waals surface area contributed by atoms with Crippen molar-refractivity contribution in [1.82, 2.24) is 9.55 Å². The fourth-order valence-corrected chi connectivity index (χ4v) is 5.27. The highest BCUT2D eigenvalue weighted by Crippen LogP contribution is 2.31. The Morgan fingerprint density at radius 1 is 1.24 bits per heavy atom. The van der Waals surface area contributed by atoms with Crippen molar-refractivity contribution in [3.8, 4) is 0 Å². The van der Waals surface area contributed by atoms with Gasteiger partial charge in [-0.05, 0) is 43.7 Å². The summed E-state index contributed by atoms with van der Waals surface area (Å²) in [6.07, 6.45) is 3.75. The molecule has 0 unspecified atom stereocenters. The van der Waals surface area contributed by atoms with Gasteiger partial charge in [-0.3, -0.25) is 9.36 Å². The summed E-state index contributed by atoms with van der Waals surface area (Å²) in [6.45, 7) is 3.75. The molecule has 1 aliphatic rings. The van der Waals surface area contributed by atoms with Gasteiger partial charge < -0.3 is 9.72 Å². The molecule has 8 heteroatoms. The lowest BCUT2D eigenvalue weighted by atomic mass is 9.96. The second-order valence-corrected chi connectivity index (χ2v) is 9.09. The van der Waals surface area contributed by atoms with Crippen LogP contribution >= 0.6 is 22.9 Å². The molecule has 0 fully saturated rings. The molecule has 0 saturated heterocycles. The molecule has 1 aliphatic heterocycles. The Balaban J connectivity index is 1.74. The summed E-state index contributed by atoms with van der Waals surface area (Å²) in [6, 6.07) is 14.4. The molecule has 1 atom stereocenters. The van der Waals surface area contributed by atoms with E-state index < -0.39 is 12.0 Å². The summed E-state index contributed by atoms with van der Waals surface area (Å²) >= 11 is 7.40. The summed E-state index contributed by atoms with van der Waals surface area (Å²) < 4.78 is 7.43. The summed E-state index contributed by atoms with van der Waals surface area (Å²) in [5, 5.41) is 1.60. The van der Waals surface area contributed by atoms with E-state index in [1.807, 2.05) is 48.7 Å². The van der Waals surface area contributed by atoms with E-state index in [9.17, 15) is 9.59 Å². The fourth-order valence-electron chi connectivity index (χ4n) is 4.11. The maximum atomic E-state index is 13.6. The van der Waals surface area contributed by atoms with E-state index in [1.165, 1.54) is 11.3 Å². The smallest absolute Gasteiger partial charge is 0.338 e. The monoisotopic (exact) mass is 477 g/mol. The predicted molar refractivity (Wildman–Crippen MR) is 130 cm³/mol. The van der Waals surface area contributed by atoms with Gasteiger partial charge in [-0.25, -0.2) is 9.79 Å². The van der Waals surface area contributed by atoms with Crippen LogP contribution in [0.25, 0.3) is 17.0 Å². The molecule has 6 nitrogen and oxygen atoms in total. The average molecular weight is 478 g/mol. The number of aromatic amines is 1. The number of allylic oxidation sites excluding steroid dienone is 1. The molecule has 166 valence electrons. The summed E-state index contributed by atoms with van der Waals surface area (Å²) in [5.74, 6) is -0.482. The third kappa shape index (κ3) is 3.73. The zero-order valence-corrected chi connectivity index (χ0v) is 19.5. The zero-order valence-electron chi connectivity index (χ0n) is 18.0. The lowest BCUT2D eigenvalue weighted by molar-refractivity contribution is -0.139. The van der Waals surface area contributed by atoms with E-state index in [-0.39, 0.29) is 12.2 Å². The minimum absolute atomic E-state index is 0.210. The molecule has 5 rings (SSSR count). The standard InChI is InChI=1S/C25H20ClN3O3S/c1-3-32-24(31)21-14(2)28-25-29(22(21)15-8-10-17(26)11-9-15)23(30)20(33-25)12-16-13-27-19-7-5-4-6-18(16)19/h4-13,22,27H,3H2,1-2H3/b20-12+/t22-/m1/s1.